The number of aryl methyl sites for hydroxylation is 1. The van der Waals surface area contributed by atoms with Crippen molar-refractivity contribution in [1.82, 2.24) is 14.9 Å². The van der Waals surface area contributed by atoms with Crippen molar-refractivity contribution in [1.29, 1.82) is 0 Å². The monoisotopic (exact) mass is 319 g/mol. The van der Waals surface area contributed by atoms with Gasteiger partial charge in [-0.15, -0.1) is 11.3 Å². The predicted octanol–water partition coefficient (Wildman–Crippen LogP) is 2.82. The molecule has 1 aliphatic rings. The number of nitrogens with zero attached hydrogens (tertiary/aromatic N) is 2. The van der Waals surface area contributed by atoms with Gasteiger partial charge in [0.05, 0.1) is 22.3 Å². The molecule has 0 bridgehead atoms. The molecule has 6 heteroatoms. The number of nitrogens with one attached hydrogen (secondary N) is 1. The van der Waals surface area contributed by atoms with E-state index in [0.29, 0.717) is 12.2 Å². The van der Waals surface area contributed by atoms with E-state index in [9.17, 15) is 9.90 Å². The summed E-state index contributed by atoms with van der Waals surface area (Å²) in [6.45, 7) is 6.19. The second-order valence-electron chi connectivity index (χ2n) is 6.36. The van der Waals surface area contributed by atoms with Gasteiger partial charge in [0.25, 0.3) is 5.91 Å². The van der Waals surface area contributed by atoms with Crippen LogP contribution in [0.3, 0.4) is 0 Å². The third kappa shape index (κ3) is 2.80. The summed E-state index contributed by atoms with van der Waals surface area (Å²) in [5.41, 5.74) is 1.48. The van der Waals surface area contributed by atoms with Crippen molar-refractivity contribution < 1.29 is 9.90 Å². The number of H-pyrrole nitrogens is 1. The van der Waals surface area contributed by atoms with Gasteiger partial charge in [0.1, 0.15) is 5.69 Å². The zero-order valence-corrected chi connectivity index (χ0v) is 13.9. The van der Waals surface area contributed by atoms with E-state index in [1.807, 2.05) is 24.6 Å². The molecule has 1 atom stereocenters. The summed E-state index contributed by atoms with van der Waals surface area (Å²) >= 11 is 1.59. The number of amides is 1. The topological polar surface area (TPSA) is 69.2 Å². The van der Waals surface area contributed by atoms with Crippen molar-refractivity contribution in [2.45, 2.75) is 45.3 Å². The lowest BCUT2D eigenvalue weighted by Gasteiger charge is -2.33. The first-order valence-electron chi connectivity index (χ1n) is 7.50. The van der Waals surface area contributed by atoms with E-state index < -0.39 is 5.60 Å². The maximum Gasteiger partial charge on any atom is 0.270 e. The highest BCUT2D eigenvalue weighted by atomic mass is 32.1. The van der Waals surface area contributed by atoms with Gasteiger partial charge in [-0.05, 0) is 39.7 Å². The summed E-state index contributed by atoms with van der Waals surface area (Å²) in [7, 11) is 0. The fourth-order valence-corrected chi connectivity index (χ4v) is 3.68. The summed E-state index contributed by atoms with van der Waals surface area (Å²) in [6.07, 6.45) is 3.59. The number of hydrogen-bond acceptors (Lipinski definition) is 4. The SMILES string of the molecule is Cc1nc(-c2c[nH]c(C(=O)N3CCCC3C(C)(C)O)c2)cs1. The minimum Gasteiger partial charge on any atom is -0.388 e. The molecule has 2 aromatic rings. The second kappa shape index (κ2) is 5.52. The van der Waals surface area contributed by atoms with Crippen molar-refractivity contribution in [3.63, 3.8) is 0 Å². The van der Waals surface area contributed by atoms with Crippen LogP contribution in [0.1, 0.15) is 42.2 Å². The lowest BCUT2D eigenvalue weighted by molar-refractivity contribution is 0.000146. The Morgan fingerprint density at radius 3 is 2.95 bits per heavy atom. The molecule has 2 aromatic heterocycles. The van der Waals surface area contributed by atoms with Gasteiger partial charge in [-0.1, -0.05) is 0 Å². The number of aromatic amines is 1. The zero-order valence-electron chi connectivity index (χ0n) is 13.1. The van der Waals surface area contributed by atoms with Gasteiger partial charge in [-0.3, -0.25) is 4.79 Å². The number of hydrogen-bond donors (Lipinski definition) is 2. The highest BCUT2D eigenvalue weighted by molar-refractivity contribution is 7.09. The Bertz CT molecular complexity index is 684. The molecule has 1 unspecified atom stereocenters. The molecule has 1 aliphatic heterocycles. The van der Waals surface area contributed by atoms with Crippen molar-refractivity contribution in [2.75, 3.05) is 6.54 Å². The largest absolute Gasteiger partial charge is 0.388 e. The Labute approximate surface area is 134 Å². The van der Waals surface area contributed by atoms with Crippen LogP contribution < -0.4 is 0 Å². The van der Waals surface area contributed by atoms with E-state index >= 15 is 0 Å². The molecule has 1 fully saturated rings. The molecule has 3 rings (SSSR count). The van der Waals surface area contributed by atoms with E-state index in [2.05, 4.69) is 9.97 Å². The normalized spacial score (nSPS) is 18.9. The van der Waals surface area contributed by atoms with Gasteiger partial charge in [-0.2, -0.15) is 0 Å². The Kier molecular flexibility index (Phi) is 3.82. The third-order valence-electron chi connectivity index (χ3n) is 4.16. The summed E-state index contributed by atoms with van der Waals surface area (Å²) in [6, 6.07) is 1.71. The van der Waals surface area contributed by atoms with Crippen LogP contribution in [0.2, 0.25) is 0 Å². The Balaban J connectivity index is 1.82. The first kappa shape index (κ1) is 15.2. The van der Waals surface area contributed by atoms with Gasteiger partial charge < -0.3 is 15.0 Å². The molecule has 1 amide bonds. The highest BCUT2D eigenvalue weighted by Crippen LogP contribution is 2.29. The van der Waals surface area contributed by atoms with Gasteiger partial charge in [0.2, 0.25) is 0 Å². The van der Waals surface area contributed by atoms with Crippen LogP contribution >= 0.6 is 11.3 Å². The van der Waals surface area contributed by atoms with E-state index in [1.165, 1.54) is 0 Å². The van der Waals surface area contributed by atoms with E-state index in [0.717, 1.165) is 29.1 Å². The zero-order chi connectivity index (χ0) is 15.9. The Morgan fingerprint density at radius 1 is 1.55 bits per heavy atom. The molecule has 118 valence electrons. The van der Waals surface area contributed by atoms with Crippen molar-refractivity contribution in [2.24, 2.45) is 0 Å². The smallest absolute Gasteiger partial charge is 0.270 e. The van der Waals surface area contributed by atoms with Gasteiger partial charge in [-0.25, -0.2) is 4.98 Å². The molecule has 0 aliphatic carbocycles. The molecule has 0 radical (unpaired) electrons. The summed E-state index contributed by atoms with van der Waals surface area (Å²) in [5, 5.41) is 13.3. The number of aromatic nitrogens is 2. The fraction of sp³-hybridized carbons (Fsp3) is 0.500. The minimum atomic E-state index is -0.881. The maximum atomic E-state index is 12.7. The lowest BCUT2D eigenvalue weighted by atomic mass is 9.96. The van der Waals surface area contributed by atoms with E-state index in [1.54, 1.807) is 30.1 Å². The lowest BCUT2D eigenvalue weighted by Crippen LogP contribution is -2.48. The predicted molar refractivity (Wildman–Crippen MR) is 87.0 cm³/mol. The molecule has 2 N–H and O–H groups in total. The van der Waals surface area contributed by atoms with Gasteiger partial charge in [0, 0.05) is 23.7 Å². The van der Waals surface area contributed by atoms with E-state index in [4.69, 9.17) is 0 Å². The summed E-state index contributed by atoms with van der Waals surface area (Å²) < 4.78 is 0. The molecule has 0 spiro atoms. The number of likely N-dealkylation sites (tertiary alicyclic amines) is 1. The average Bonchev–Trinajstić information content (AvgIpc) is 3.16. The third-order valence-corrected chi connectivity index (χ3v) is 4.93. The number of carbonyl (C=O) groups excluding carboxylic acids is 1. The van der Waals surface area contributed by atoms with Gasteiger partial charge >= 0.3 is 0 Å². The fourth-order valence-electron chi connectivity index (χ4n) is 3.06. The maximum absolute atomic E-state index is 12.7. The van der Waals surface area contributed by atoms with Crippen LogP contribution in [0, 0.1) is 6.92 Å². The Morgan fingerprint density at radius 2 is 2.32 bits per heavy atom. The number of aliphatic hydroxyl groups is 1. The standard InChI is InChI=1S/C16H21N3O2S/c1-10-18-13(9-22-10)11-7-12(17-8-11)15(20)19-6-4-5-14(19)16(2,3)21/h7-9,14,17,21H,4-6H2,1-3H3. The highest BCUT2D eigenvalue weighted by Gasteiger charge is 2.39. The summed E-state index contributed by atoms with van der Waals surface area (Å²) in [4.78, 5) is 22.0. The minimum absolute atomic E-state index is 0.0529. The van der Waals surface area contributed by atoms with Crippen LogP contribution in [0.25, 0.3) is 11.3 Å². The quantitative estimate of drug-likeness (QED) is 0.914. The Hall–Kier alpha value is -1.66. The molecular weight excluding hydrogens is 298 g/mol. The van der Waals surface area contributed by atoms with Crippen LogP contribution in [0.4, 0.5) is 0 Å². The summed E-state index contributed by atoms with van der Waals surface area (Å²) in [5.74, 6) is -0.0529. The van der Waals surface area contributed by atoms with Crippen LogP contribution in [-0.4, -0.2) is 44.1 Å². The molecule has 3 heterocycles. The molecule has 0 saturated carbocycles. The first-order valence-corrected chi connectivity index (χ1v) is 8.38. The molecule has 22 heavy (non-hydrogen) atoms. The van der Waals surface area contributed by atoms with Crippen molar-refractivity contribution >= 4 is 17.2 Å². The van der Waals surface area contributed by atoms with Crippen molar-refractivity contribution in [3.05, 3.63) is 28.3 Å². The molecular formula is C16H21N3O2S. The van der Waals surface area contributed by atoms with Gasteiger partial charge in [0.15, 0.2) is 0 Å². The molecule has 5 nitrogen and oxygen atoms in total. The number of carbonyl (C=O) groups is 1. The van der Waals surface area contributed by atoms with Crippen LogP contribution in [0.15, 0.2) is 17.6 Å². The first-order chi connectivity index (χ1) is 10.4. The number of rotatable bonds is 3. The second-order valence-corrected chi connectivity index (χ2v) is 7.43. The molecule has 1 saturated heterocycles. The number of thiazole rings is 1. The van der Waals surface area contributed by atoms with Crippen molar-refractivity contribution in [3.8, 4) is 11.3 Å². The average molecular weight is 319 g/mol. The van der Waals surface area contributed by atoms with Crippen LogP contribution in [0.5, 0.6) is 0 Å². The van der Waals surface area contributed by atoms with Crippen LogP contribution in [-0.2, 0) is 0 Å². The van der Waals surface area contributed by atoms with E-state index in [-0.39, 0.29) is 11.9 Å². The molecule has 0 aromatic carbocycles.